The molecule has 1 atom stereocenters. The maximum Gasteiger partial charge on any atom is 0.222 e. The highest BCUT2D eigenvalue weighted by molar-refractivity contribution is 5.76. The summed E-state index contributed by atoms with van der Waals surface area (Å²) in [4.78, 5) is 13.8. The molecular formula is C15H21FN2O2. The van der Waals surface area contributed by atoms with E-state index in [0.29, 0.717) is 31.7 Å². The summed E-state index contributed by atoms with van der Waals surface area (Å²) in [5.41, 5.74) is 5.85. The molecule has 1 saturated heterocycles. The Bertz CT molecular complexity index is 453. The minimum Gasteiger partial charge on any atom is -0.493 e. The van der Waals surface area contributed by atoms with Crippen molar-refractivity contribution in [3.8, 4) is 5.75 Å². The summed E-state index contributed by atoms with van der Waals surface area (Å²) in [6.07, 6.45) is 3.04. The topological polar surface area (TPSA) is 55.6 Å². The van der Waals surface area contributed by atoms with Gasteiger partial charge in [-0.1, -0.05) is 6.07 Å². The van der Waals surface area contributed by atoms with Gasteiger partial charge in [0.05, 0.1) is 6.61 Å². The Morgan fingerprint density at radius 1 is 1.50 bits per heavy atom. The second-order valence-corrected chi connectivity index (χ2v) is 5.15. The molecule has 1 amide bonds. The smallest absolute Gasteiger partial charge is 0.222 e. The number of nitrogens with zero attached hydrogens (tertiary/aromatic N) is 1. The van der Waals surface area contributed by atoms with Crippen molar-refractivity contribution < 1.29 is 13.9 Å². The Hall–Kier alpha value is -1.62. The third kappa shape index (κ3) is 4.49. The second kappa shape index (κ2) is 7.24. The Morgan fingerprint density at radius 3 is 3.10 bits per heavy atom. The number of nitrogens with two attached hydrogens (primary N) is 1. The lowest BCUT2D eigenvalue weighted by Crippen LogP contribution is -2.45. The molecule has 1 aromatic rings. The van der Waals surface area contributed by atoms with Crippen LogP contribution in [0.5, 0.6) is 5.75 Å². The van der Waals surface area contributed by atoms with Crippen molar-refractivity contribution >= 4 is 5.91 Å². The van der Waals surface area contributed by atoms with Gasteiger partial charge < -0.3 is 15.4 Å². The van der Waals surface area contributed by atoms with Gasteiger partial charge in [0.25, 0.3) is 0 Å². The van der Waals surface area contributed by atoms with E-state index < -0.39 is 0 Å². The van der Waals surface area contributed by atoms with Gasteiger partial charge in [0, 0.05) is 31.6 Å². The molecule has 1 heterocycles. The van der Waals surface area contributed by atoms with Crippen LogP contribution in [0.1, 0.15) is 25.7 Å². The van der Waals surface area contributed by atoms with Crippen LogP contribution in [0, 0.1) is 5.82 Å². The van der Waals surface area contributed by atoms with Crippen LogP contribution in [0.25, 0.3) is 0 Å². The average Bonchev–Trinajstić information content (AvgIpc) is 2.43. The normalized spacial score (nSPS) is 18.9. The Morgan fingerprint density at radius 2 is 2.35 bits per heavy atom. The van der Waals surface area contributed by atoms with Crippen LogP contribution in [-0.4, -0.2) is 36.5 Å². The van der Waals surface area contributed by atoms with Crippen molar-refractivity contribution in [3.05, 3.63) is 30.1 Å². The molecule has 110 valence electrons. The molecule has 0 spiro atoms. The number of carbonyl (C=O) groups excluding carboxylic acids is 1. The van der Waals surface area contributed by atoms with Crippen molar-refractivity contribution in [1.29, 1.82) is 0 Å². The minimum absolute atomic E-state index is 0.108. The van der Waals surface area contributed by atoms with Gasteiger partial charge in [0.2, 0.25) is 5.91 Å². The van der Waals surface area contributed by atoms with Crippen LogP contribution in [0.2, 0.25) is 0 Å². The van der Waals surface area contributed by atoms with Gasteiger partial charge >= 0.3 is 0 Å². The largest absolute Gasteiger partial charge is 0.493 e. The Balaban J connectivity index is 1.66. The van der Waals surface area contributed by atoms with Gasteiger partial charge in [0.1, 0.15) is 11.6 Å². The lowest BCUT2D eigenvalue weighted by Gasteiger charge is -2.30. The average molecular weight is 280 g/mol. The van der Waals surface area contributed by atoms with Gasteiger partial charge in [0.15, 0.2) is 0 Å². The number of ether oxygens (including phenoxy) is 1. The standard InChI is InChI=1S/C15H21FN2O2/c16-12-4-1-6-14(10-12)20-9-3-7-15(19)18-8-2-5-13(17)11-18/h1,4,6,10,13H,2-3,5,7-9,11,17H2. The molecule has 20 heavy (non-hydrogen) atoms. The van der Waals surface area contributed by atoms with E-state index in [1.807, 2.05) is 4.90 Å². The van der Waals surface area contributed by atoms with Crippen LogP contribution < -0.4 is 10.5 Å². The maximum absolute atomic E-state index is 12.9. The van der Waals surface area contributed by atoms with Gasteiger partial charge in [-0.2, -0.15) is 0 Å². The second-order valence-electron chi connectivity index (χ2n) is 5.15. The molecule has 1 aliphatic heterocycles. The molecule has 1 aliphatic rings. The zero-order valence-electron chi connectivity index (χ0n) is 11.6. The zero-order valence-corrected chi connectivity index (χ0v) is 11.6. The number of piperidine rings is 1. The van der Waals surface area contributed by atoms with Gasteiger partial charge in [-0.3, -0.25) is 4.79 Å². The molecule has 0 radical (unpaired) electrons. The van der Waals surface area contributed by atoms with Crippen molar-refractivity contribution in [1.82, 2.24) is 4.90 Å². The van der Waals surface area contributed by atoms with Crippen molar-refractivity contribution in [2.75, 3.05) is 19.7 Å². The molecule has 0 aromatic heterocycles. The van der Waals surface area contributed by atoms with Crippen LogP contribution in [0.3, 0.4) is 0 Å². The molecule has 1 aromatic carbocycles. The quantitative estimate of drug-likeness (QED) is 0.839. The summed E-state index contributed by atoms with van der Waals surface area (Å²) in [6.45, 7) is 1.87. The third-order valence-corrected chi connectivity index (χ3v) is 3.41. The molecule has 1 unspecified atom stereocenters. The van der Waals surface area contributed by atoms with Crippen LogP contribution in [0.15, 0.2) is 24.3 Å². The van der Waals surface area contributed by atoms with E-state index in [0.717, 1.165) is 19.4 Å². The maximum atomic E-state index is 12.9. The van der Waals surface area contributed by atoms with E-state index in [-0.39, 0.29) is 17.8 Å². The summed E-state index contributed by atoms with van der Waals surface area (Å²) in [6, 6.07) is 6.12. The van der Waals surface area contributed by atoms with E-state index >= 15 is 0 Å². The monoisotopic (exact) mass is 280 g/mol. The predicted octanol–water partition coefficient (Wildman–Crippen LogP) is 1.93. The third-order valence-electron chi connectivity index (χ3n) is 3.41. The van der Waals surface area contributed by atoms with Crippen LogP contribution in [0.4, 0.5) is 4.39 Å². The molecule has 2 rings (SSSR count). The SMILES string of the molecule is NC1CCCN(C(=O)CCCOc2cccc(F)c2)C1. The highest BCUT2D eigenvalue weighted by Crippen LogP contribution is 2.13. The molecule has 2 N–H and O–H groups in total. The summed E-state index contributed by atoms with van der Waals surface area (Å²) in [5, 5.41) is 0. The zero-order chi connectivity index (χ0) is 14.4. The molecule has 4 nitrogen and oxygen atoms in total. The number of hydrogen-bond donors (Lipinski definition) is 1. The molecule has 0 bridgehead atoms. The number of benzene rings is 1. The van der Waals surface area contributed by atoms with Crippen LogP contribution in [-0.2, 0) is 4.79 Å². The fourth-order valence-corrected chi connectivity index (χ4v) is 2.36. The summed E-state index contributed by atoms with van der Waals surface area (Å²) in [7, 11) is 0. The van der Waals surface area contributed by atoms with Gasteiger partial charge in [-0.25, -0.2) is 4.39 Å². The van der Waals surface area contributed by atoms with Gasteiger partial charge in [-0.15, -0.1) is 0 Å². The Labute approximate surface area is 118 Å². The van der Waals surface area contributed by atoms with Crippen molar-refractivity contribution in [2.24, 2.45) is 5.73 Å². The summed E-state index contributed by atoms with van der Waals surface area (Å²) in [5.74, 6) is 0.307. The van der Waals surface area contributed by atoms with Crippen molar-refractivity contribution in [2.45, 2.75) is 31.7 Å². The van der Waals surface area contributed by atoms with E-state index in [9.17, 15) is 9.18 Å². The number of halogens is 1. The number of likely N-dealkylation sites (tertiary alicyclic amines) is 1. The molecule has 5 heteroatoms. The summed E-state index contributed by atoms with van der Waals surface area (Å²) >= 11 is 0. The van der Waals surface area contributed by atoms with E-state index in [2.05, 4.69) is 0 Å². The number of hydrogen-bond acceptors (Lipinski definition) is 3. The first kappa shape index (κ1) is 14.8. The number of carbonyl (C=O) groups is 1. The predicted molar refractivity (Wildman–Crippen MR) is 74.9 cm³/mol. The lowest BCUT2D eigenvalue weighted by molar-refractivity contribution is -0.132. The Kier molecular flexibility index (Phi) is 5.35. The van der Waals surface area contributed by atoms with E-state index in [1.165, 1.54) is 12.1 Å². The lowest BCUT2D eigenvalue weighted by atomic mass is 10.1. The molecule has 0 aliphatic carbocycles. The first-order valence-electron chi connectivity index (χ1n) is 7.07. The number of amides is 1. The summed E-state index contributed by atoms with van der Waals surface area (Å²) < 4.78 is 18.3. The highest BCUT2D eigenvalue weighted by Gasteiger charge is 2.20. The fourth-order valence-electron chi connectivity index (χ4n) is 2.36. The first-order valence-corrected chi connectivity index (χ1v) is 7.07. The number of rotatable bonds is 5. The molecule has 1 fully saturated rings. The first-order chi connectivity index (χ1) is 9.65. The van der Waals surface area contributed by atoms with Gasteiger partial charge in [-0.05, 0) is 31.4 Å². The van der Waals surface area contributed by atoms with E-state index in [1.54, 1.807) is 12.1 Å². The fraction of sp³-hybridized carbons (Fsp3) is 0.533. The van der Waals surface area contributed by atoms with Crippen LogP contribution >= 0.6 is 0 Å². The molecular weight excluding hydrogens is 259 g/mol. The highest BCUT2D eigenvalue weighted by atomic mass is 19.1. The van der Waals surface area contributed by atoms with E-state index in [4.69, 9.17) is 10.5 Å². The molecule has 0 saturated carbocycles. The van der Waals surface area contributed by atoms with Crippen molar-refractivity contribution in [3.63, 3.8) is 0 Å². The minimum atomic E-state index is -0.319.